The van der Waals surface area contributed by atoms with Crippen LogP contribution >= 0.6 is 0 Å². The van der Waals surface area contributed by atoms with Crippen LogP contribution in [-0.4, -0.2) is 0 Å². The van der Waals surface area contributed by atoms with E-state index in [0.29, 0.717) is 11.4 Å². The molecule has 50 valence electrons. The first kappa shape index (κ1) is 6.56. The summed E-state index contributed by atoms with van der Waals surface area (Å²) in [5.74, 6) is 0.580. The Kier molecular flexibility index (Phi) is 1.55. The zero-order chi connectivity index (χ0) is 7.56. The molecule has 0 aliphatic carbocycles. The van der Waals surface area contributed by atoms with E-state index in [0.717, 1.165) is 5.69 Å². The molecule has 3 N–H and O–H groups in total. The number of nitrogens with two attached hydrogens (primary N) is 1. The molecule has 0 radical (unpaired) electrons. The van der Waals surface area contributed by atoms with Gasteiger partial charge >= 0.3 is 0 Å². The van der Waals surface area contributed by atoms with Gasteiger partial charge in [0.05, 0.1) is 5.56 Å². The zero-order valence-corrected chi connectivity index (χ0v) is 5.68. The summed E-state index contributed by atoms with van der Waals surface area (Å²) in [5, 5.41) is 8.50. The average Bonchev–Trinajstić information content (AvgIpc) is 1.88. The minimum Gasteiger partial charge on any atom is -0.287 e. The maximum absolute atomic E-state index is 8.50. The fourth-order valence-electron chi connectivity index (χ4n) is 0.745. The molecular weight excluding hydrogens is 126 g/mol. The number of aromatic nitrogens is 1. The first-order valence-electron chi connectivity index (χ1n) is 2.92. The molecule has 0 amide bonds. The van der Waals surface area contributed by atoms with Crippen molar-refractivity contribution in [2.24, 2.45) is 0 Å². The number of aromatic amines is 1. The van der Waals surface area contributed by atoms with Crippen LogP contribution in [0.1, 0.15) is 11.3 Å². The molecule has 0 atom stereocenters. The molecule has 0 saturated carbocycles. The Morgan fingerprint density at radius 3 is 2.80 bits per heavy atom. The Hall–Kier alpha value is -1.56. The molecule has 0 unspecified atom stereocenters. The Morgan fingerprint density at radius 1 is 1.60 bits per heavy atom. The number of hydrogen-bond donors (Lipinski definition) is 1. The monoisotopic (exact) mass is 134 g/mol. The molecule has 3 heteroatoms. The fraction of sp³-hybridized carbons (Fsp3) is 0.143. The number of nitriles is 1. The second-order valence-electron chi connectivity index (χ2n) is 2.06. The topological polar surface area (TPSA) is 63.9 Å². The quantitative estimate of drug-likeness (QED) is 0.553. The van der Waals surface area contributed by atoms with Crippen molar-refractivity contribution in [3.63, 3.8) is 0 Å². The van der Waals surface area contributed by atoms with E-state index in [2.05, 4.69) is 4.98 Å². The van der Waals surface area contributed by atoms with Crippen molar-refractivity contribution in [1.82, 2.24) is 0 Å². The number of rotatable bonds is 0. The number of anilines is 1. The number of hydrogen-bond acceptors (Lipinski definition) is 2. The Bertz CT molecular complexity index is 285. The molecule has 0 aliphatic heterocycles. The minimum absolute atomic E-state index is 0.580. The van der Waals surface area contributed by atoms with Gasteiger partial charge in [0.2, 0.25) is 0 Å². The molecule has 1 heterocycles. The van der Waals surface area contributed by atoms with Gasteiger partial charge in [-0.3, -0.25) is 5.73 Å². The van der Waals surface area contributed by atoms with E-state index >= 15 is 0 Å². The number of nitrogens with zero attached hydrogens (tertiary/aromatic N) is 1. The van der Waals surface area contributed by atoms with Gasteiger partial charge in [0.1, 0.15) is 11.8 Å². The van der Waals surface area contributed by atoms with E-state index in [1.54, 1.807) is 12.1 Å². The lowest BCUT2D eigenvalue weighted by Gasteiger charge is -1.90. The van der Waals surface area contributed by atoms with Crippen molar-refractivity contribution in [3.05, 3.63) is 23.4 Å². The van der Waals surface area contributed by atoms with Crippen LogP contribution in [0.15, 0.2) is 12.1 Å². The summed E-state index contributed by atoms with van der Waals surface area (Å²) in [7, 11) is 0. The fourth-order valence-corrected chi connectivity index (χ4v) is 0.745. The molecule has 1 aromatic heterocycles. The van der Waals surface area contributed by atoms with Crippen molar-refractivity contribution in [3.8, 4) is 6.07 Å². The van der Waals surface area contributed by atoms with Crippen molar-refractivity contribution in [2.75, 3.05) is 5.73 Å². The van der Waals surface area contributed by atoms with Gasteiger partial charge in [0, 0.05) is 6.07 Å². The van der Waals surface area contributed by atoms with Crippen molar-refractivity contribution < 1.29 is 4.98 Å². The van der Waals surface area contributed by atoms with E-state index in [9.17, 15) is 0 Å². The summed E-state index contributed by atoms with van der Waals surface area (Å²) in [6.07, 6.45) is 0. The van der Waals surface area contributed by atoms with Gasteiger partial charge in [-0.15, -0.1) is 0 Å². The minimum atomic E-state index is 0.580. The van der Waals surface area contributed by atoms with Crippen molar-refractivity contribution >= 4 is 5.82 Å². The summed E-state index contributed by atoms with van der Waals surface area (Å²) >= 11 is 0. The van der Waals surface area contributed by atoms with Crippen LogP contribution in [-0.2, 0) is 0 Å². The van der Waals surface area contributed by atoms with Crippen LogP contribution in [0.3, 0.4) is 0 Å². The molecule has 0 fully saturated rings. The highest BCUT2D eigenvalue weighted by molar-refractivity contribution is 5.34. The van der Waals surface area contributed by atoms with Crippen LogP contribution in [0.4, 0.5) is 5.82 Å². The number of nitrogens with one attached hydrogen (secondary N) is 1. The van der Waals surface area contributed by atoms with E-state index < -0.39 is 0 Å². The summed E-state index contributed by atoms with van der Waals surface area (Å²) in [5.41, 5.74) is 6.86. The van der Waals surface area contributed by atoms with Crippen molar-refractivity contribution in [1.29, 1.82) is 5.26 Å². The second-order valence-corrected chi connectivity index (χ2v) is 2.06. The average molecular weight is 134 g/mol. The van der Waals surface area contributed by atoms with Gasteiger partial charge in [-0.05, 0) is 13.0 Å². The number of H-pyrrole nitrogens is 1. The molecule has 3 nitrogen and oxygen atoms in total. The maximum Gasteiger partial charge on any atom is 0.270 e. The first-order valence-corrected chi connectivity index (χ1v) is 2.92. The Balaban J connectivity index is 3.23. The zero-order valence-electron chi connectivity index (χ0n) is 5.68. The lowest BCUT2D eigenvalue weighted by atomic mass is 10.2. The lowest BCUT2D eigenvalue weighted by molar-refractivity contribution is -0.370. The van der Waals surface area contributed by atoms with E-state index in [1.807, 2.05) is 13.0 Å². The van der Waals surface area contributed by atoms with Crippen LogP contribution < -0.4 is 10.7 Å². The molecular formula is C7H8N3+. The van der Waals surface area contributed by atoms with E-state index in [-0.39, 0.29) is 0 Å². The highest BCUT2D eigenvalue weighted by atomic mass is 14.8. The summed E-state index contributed by atoms with van der Waals surface area (Å²) in [4.78, 5) is 2.84. The normalized spacial score (nSPS) is 8.80. The Labute approximate surface area is 59.1 Å². The van der Waals surface area contributed by atoms with Crippen molar-refractivity contribution in [2.45, 2.75) is 6.92 Å². The summed E-state index contributed by atoms with van der Waals surface area (Å²) in [6.45, 7) is 1.81. The number of nitrogen functional groups attached to an aromatic ring is 1. The molecule has 0 spiro atoms. The molecule has 0 aliphatic rings. The highest BCUT2D eigenvalue weighted by Gasteiger charge is 2.00. The third kappa shape index (κ3) is 1.06. The van der Waals surface area contributed by atoms with Gasteiger partial charge in [-0.25, -0.2) is 4.98 Å². The predicted molar refractivity (Wildman–Crippen MR) is 36.9 cm³/mol. The van der Waals surface area contributed by atoms with E-state index in [1.165, 1.54) is 0 Å². The standard InChI is InChI=1S/C7H7N3/c1-5-6(4-8)2-3-7(9)10-5/h2-3H,1H3,(H2,9,10)/p+1. The second kappa shape index (κ2) is 2.36. The number of pyridine rings is 1. The van der Waals surface area contributed by atoms with Gasteiger partial charge < -0.3 is 0 Å². The maximum atomic E-state index is 8.50. The summed E-state index contributed by atoms with van der Waals surface area (Å²) < 4.78 is 0. The highest BCUT2D eigenvalue weighted by Crippen LogP contribution is 2.00. The first-order chi connectivity index (χ1) is 4.74. The molecule has 0 aromatic carbocycles. The van der Waals surface area contributed by atoms with Crippen LogP contribution in [0, 0.1) is 18.3 Å². The molecule has 1 aromatic rings. The predicted octanol–water partition coefficient (Wildman–Crippen LogP) is 0.263. The van der Waals surface area contributed by atoms with Crippen LogP contribution in [0.5, 0.6) is 0 Å². The Morgan fingerprint density at radius 2 is 2.30 bits per heavy atom. The molecule has 0 bridgehead atoms. The molecule has 10 heavy (non-hydrogen) atoms. The SMILES string of the molecule is Cc1[nH+]c(N)ccc1C#N. The van der Waals surface area contributed by atoms with Gasteiger partial charge in [0.25, 0.3) is 5.82 Å². The third-order valence-electron chi connectivity index (χ3n) is 1.29. The summed E-state index contributed by atoms with van der Waals surface area (Å²) in [6, 6.07) is 5.40. The van der Waals surface area contributed by atoms with Crippen LogP contribution in [0.25, 0.3) is 0 Å². The number of aryl methyl sites for hydroxylation is 1. The molecule has 0 saturated heterocycles. The lowest BCUT2D eigenvalue weighted by Crippen LogP contribution is -2.14. The van der Waals surface area contributed by atoms with Gasteiger partial charge in [-0.2, -0.15) is 5.26 Å². The van der Waals surface area contributed by atoms with Gasteiger partial charge in [0.15, 0.2) is 0 Å². The van der Waals surface area contributed by atoms with Crippen LogP contribution in [0.2, 0.25) is 0 Å². The molecule has 1 rings (SSSR count). The van der Waals surface area contributed by atoms with Gasteiger partial charge in [-0.1, -0.05) is 0 Å². The smallest absolute Gasteiger partial charge is 0.270 e. The van der Waals surface area contributed by atoms with E-state index in [4.69, 9.17) is 11.0 Å². The third-order valence-corrected chi connectivity index (χ3v) is 1.29. The largest absolute Gasteiger partial charge is 0.287 e.